The van der Waals surface area contributed by atoms with Gasteiger partial charge in [-0.1, -0.05) is 97.9 Å². The fourth-order valence-electron chi connectivity index (χ4n) is 8.56. The lowest BCUT2D eigenvalue weighted by Crippen LogP contribution is -2.40. The van der Waals surface area contributed by atoms with Crippen LogP contribution in [0.25, 0.3) is 22.0 Å². The van der Waals surface area contributed by atoms with Crippen molar-refractivity contribution < 1.29 is 29.3 Å². The Balaban J connectivity index is 0.775. The number of rotatable bonds is 18. The van der Waals surface area contributed by atoms with Crippen molar-refractivity contribution in [2.45, 2.75) is 70.5 Å². The van der Waals surface area contributed by atoms with E-state index < -0.39 is 12.2 Å². The molecule has 1 fully saturated rings. The quantitative estimate of drug-likeness (QED) is 0.0574. The SMILES string of the molecule is C[C@@H](CC[C@H](O)c1ccc(O)c2[nH]c(=O)ccc12)Cc1cccc(CCNC(=O)Cc2ccc(N(C)C(=O)CCN3CCC(OC(=O)Nc4ccccc4-c4ccccc4)CC3)cc2)c1. The van der Waals surface area contributed by atoms with Gasteiger partial charge in [0.05, 0.1) is 23.7 Å². The first kappa shape index (κ1) is 46.2. The molecule has 2 atom stereocenters. The van der Waals surface area contributed by atoms with Gasteiger partial charge in [0, 0.05) is 62.4 Å². The Hall–Kier alpha value is -6.76. The number of aromatic nitrogens is 1. The Bertz CT molecular complexity index is 2610. The fraction of sp³-hybridized carbons (Fsp3) is 0.321. The summed E-state index contributed by atoms with van der Waals surface area (Å²) in [6.07, 6.45) is 3.48. The molecule has 6 aromatic rings. The molecule has 5 aromatic carbocycles. The number of anilines is 2. The molecule has 0 spiro atoms. The lowest BCUT2D eigenvalue weighted by molar-refractivity contribution is -0.120. The number of aromatic hydroxyl groups is 1. The van der Waals surface area contributed by atoms with Gasteiger partial charge in [0.1, 0.15) is 11.9 Å². The van der Waals surface area contributed by atoms with E-state index in [1.54, 1.807) is 24.1 Å². The third-order valence-electron chi connectivity index (χ3n) is 12.3. The summed E-state index contributed by atoms with van der Waals surface area (Å²) >= 11 is 0. The van der Waals surface area contributed by atoms with Crippen LogP contribution in [0.1, 0.15) is 67.4 Å². The molecule has 3 amide bonds. The number of aliphatic hydroxyl groups excluding tert-OH is 1. The average molecular weight is 878 g/mol. The van der Waals surface area contributed by atoms with Crippen LogP contribution >= 0.6 is 0 Å². The zero-order valence-corrected chi connectivity index (χ0v) is 37.2. The van der Waals surface area contributed by atoms with E-state index in [0.717, 1.165) is 53.9 Å². The number of aromatic amines is 1. The van der Waals surface area contributed by atoms with Crippen molar-refractivity contribution in [1.82, 2.24) is 15.2 Å². The van der Waals surface area contributed by atoms with Crippen LogP contribution in [0, 0.1) is 5.92 Å². The molecule has 0 saturated carbocycles. The van der Waals surface area contributed by atoms with Crippen molar-refractivity contribution in [1.29, 1.82) is 0 Å². The number of pyridine rings is 1. The molecule has 7 rings (SSSR count). The smallest absolute Gasteiger partial charge is 0.411 e. The number of para-hydroxylation sites is 1. The zero-order valence-electron chi connectivity index (χ0n) is 37.2. The molecule has 1 aromatic heterocycles. The highest BCUT2D eigenvalue weighted by molar-refractivity contribution is 5.93. The maximum Gasteiger partial charge on any atom is 0.411 e. The summed E-state index contributed by atoms with van der Waals surface area (Å²) in [6.45, 7) is 4.76. The first-order valence-corrected chi connectivity index (χ1v) is 22.6. The second-order valence-corrected chi connectivity index (χ2v) is 17.1. The highest BCUT2D eigenvalue weighted by Crippen LogP contribution is 2.32. The van der Waals surface area contributed by atoms with Crippen molar-refractivity contribution in [3.63, 3.8) is 0 Å². The second kappa shape index (κ2) is 22.2. The molecular formula is C53H59N5O7. The van der Waals surface area contributed by atoms with Gasteiger partial charge >= 0.3 is 6.09 Å². The number of carbonyl (C=O) groups is 3. The number of likely N-dealkylation sites (tertiary alicyclic amines) is 1. The largest absolute Gasteiger partial charge is 0.506 e. The summed E-state index contributed by atoms with van der Waals surface area (Å²) < 4.78 is 5.78. The van der Waals surface area contributed by atoms with Gasteiger partial charge in [0.2, 0.25) is 17.4 Å². The third-order valence-corrected chi connectivity index (χ3v) is 12.3. The number of nitrogens with one attached hydrogen (secondary N) is 3. The summed E-state index contributed by atoms with van der Waals surface area (Å²) in [5.41, 5.74) is 7.31. The molecule has 0 bridgehead atoms. The van der Waals surface area contributed by atoms with E-state index in [1.807, 2.05) is 84.9 Å². The number of H-pyrrole nitrogens is 1. The number of benzene rings is 5. The molecule has 0 aliphatic carbocycles. The molecule has 2 heterocycles. The lowest BCUT2D eigenvalue weighted by Gasteiger charge is -2.31. The van der Waals surface area contributed by atoms with E-state index in [2.05, 4.69) is 45.6 Å². The van der Waals surface area contributed by atoms with Crippen LogP contribution in [-0.4, -0.2) is 77.3 Å². The molecule has 0 radical (unpaired) electrons. The van der Waals surface area contributed by atoms with E-state index in [0.29, 0.717) is 73.3 Å². The van der Waals surface area contributed by atoms with Gasteiger partial charge in [0.15, 0.2) is 0 Å². The number of hydrogen-bond donors (Lipinski definition) is 5. The molecule has 1 aliphatic rings. The minimum atomic E-state index is -0.733. The zero-order chi connectivity index (χ0) is 45.7. The van der Waals surface area contributed by atoms with E-state index in [4.69, 9.17) is 4.74 Å². The van der Waals surface area contributed by atoms with Gasteiger partial charge in [-0.25, -0.2) is 4.79 Å². The van der Waals surface area contributed by atoms with E-state index in [1.165, 1.54) is 17.7 Å². The molecule has 338 valence electrons. The van der Waals surface area contributed by atoms with Crippen LogP contribution in [0.15, 0.2) is 132 Å². The second-order valence-electron chi connectivity index (χ2n) is 17.1. The predicted molar refractivity (Wildman–Crippen MR) is 256 cm³/mol. The Morgan fingerprint density at radius 1 is 0.846 bits per heavy atom. The highest BCUT2D eigenvalue weighted by atomic mass is 16.6. The maximum absolute atomic E-state index is 13.2. The van der Waals surface area contributed by atoms with Gasteiger partial charge in [-0.2, -0.15) is 0 Å². The number of nitrogens with zero attached hydrogens (tertiary/aromatic N) is 2. The number of ether oxygens (including phenoxy) is 1. The number of amides is 3. The molecule has 0 unspecified atom stereocenters. The summed E-state index contributed by atoms with van der Waals surface area (Å²) in [5, 5.41) is 27.8. The Kier molecular flexibility index (Phi) is 15.8. The monoisotopic (exact) mass is 877 g/mol. The third kappa shape index (κ3) is 12.9. The van der Waals surface area contributed by atoms with Crippen molar-refractivity contribution in [3.8, 4) is 16.9 Å². The summed E-state index contributed by atoms with van der Waals surface area (Å²) in [6, 6.07) is 39.7. The number of hydrogen-bond acceptors (Lipinski definition) is 8. The van der Waals surface area contributed by atoms with Gasteiger partial charge in [0.25, 0.3) is 0 Å². The minimum Gasteiger partial charge on any atom is -0.506 e. The number of aliphatic hydroxyl groups is 1. The number of piperidine rings is 1. The van der Waals surface area contributed by atoms with Crippen molar-refractivity contribution in [2.24, 2.45) is 5.92 Å². The van der Waals surface area contributed by atoms with E-state index >= 15 is 0 Å². The molecule has 12 nitrogen and oxygen atoms in total. The first-order valence-electron chi connectivity index (χ1n) is 22.6. The van der Waals surface area contributed by atoms with E-state index in [-0.39, 0.29) is 35.6 Å². The van der Waals surface area contributed by atoms with Crippen molar-refractivity contribution >= 4 is 40.2 Å². The maximum atomic E-state index is 13.2. The Morgan fingerprint density at radius 2 is 1.58 bits per heavy atom. The fourth-order valence-corrected chi connectivity index (χ4v) is 8.56. The van der Waals surface area contributed by atoms with Gasteiger partial charge < -0.3 is 35.1 Å². The topological polar surface area (TPSA) is 164 Å². The summed E-state index contributed by atoms with van der Waals surface area (Å²) in [5.74, 6) is 0.215. The van der Waals surface area contributed by atoms with Gasteiger partial charge in [-0.3, -0.25) is 19.7 Å². The standard InChI is InChI=1S/C53H59N5O7/c1-36(15-22-47(59)44-20-23-48(60)52-45(44)21-24-49(61)56-52)33-39-10-8-9-37(34-39)25-29-54-50(62)35-38-16-18-41(19-17-38)57(2)51(63)28-32-58-30-26-42(27-31-58)65-53(64)55-46-14-7-6-13-43(46)40-11-4-3-5-12-40/h3-14,16-21,23-24,34,36,42,47,59-60H,15,22,25-33,35H2,1-2H3,(H,54,62)(H,55,64)(H,56,61)/t36-,47-/m0/s1. The van der Waals surface area contributed by atoms with Gasteiger partial charge in [-0.05, 0) is 103 Å². The summed E-state index contributed by atoms with van der Waals surface area (Å²) in [7, 11) is 1.77. The normalized spacial score (nSPS) is 14.1. The van der Waals surface area contributed by atoms with Gasteiger partial charge in [-0.15, -0.1) is 0 Å². The molecule has 5 N–H and O–H groups in total. The first-order chi connectivity index (χ1) is 31.5. The van der Waals surface area contributed by atoms with Crippen molar-refractivity contribution in [3.05, 3.63) is 160 Å². The van der Waals surface area contributed by atoms with Crippen LogP contribution in [0.3, 0.4) is 0 Å². The Morgan fingerprint density at radius 3 is 2.37 bits per heavy atom. The van der Waals surface area contributed by atoms with Crippen LogP contribution in [-0.2, 0) is 33.6 Å². The summed E-state index contributed by atoms with van der Waals surface area (Å²) in [4.78, 5) is 57.2. The molecule has 12 heteroatoms. The number of phenols is 1. The highest BCUT2D eigenvalue weighted by Gasteiger charge is 2.24. The van der Waals surface area contributed by atoms with Crippen LogP contribution in [0.2, 0.25) is 0 Å². The number of phenolic OH excluding ortho intramolecular Hbond substituents is 1. The molecular weight excluding hydrogens is 819 g/mol. The van der Waals surface area contributed by atoms with Crippen LogP contribution < -0.4 is 21.1 Å². The number of carbonyl (C=O) groups excluding carboxylic acids is 3. The number of fused-ring (bicyclic) bond motifs is 1. The minimum absolute atomic E-state index is 0.00230. The predicted octanol–water partition coefficient (Wildman–Crippen LogP) is 8.56. The molecule has 1 saturated heterocycles. The van der Waals surface area contributed by atoms with Crippen LogP contribution in [0.5, 0.6) is 5.75 Å². The van der Waals surface area contributed by atoms with Crippen molar-refractivity contribution in [2.75, 3.05) is 43.4 Å². The average Bonchev–Trinajstić information content (AvgIpc) is 3.31. The van der Waals surface area contributed by atoms with E-state index in [9.17, 15) is 29.4 Å². The molecule has 65 heavy (non-hydrogen) atoms. The molecule has 1 aliphatic heterocycles. The lowest BCUT2D eigenvalue weighted by atomic mass is 9.91. The van der Waals surface area contributed by atoms with Crippen LogP contribution in [0.4, 0.5) is 16.2 Å². The Labute approximate surface area is 380 Å².